The molecule has 1 aromatic carbocycles. The van der Waals surface area contributed by atoms with Crippen LogP contribution < -0.4 is 9.47 Å². The second-order valence-corrected chi connectivity index (χ2v) is 4.40. The molecule has 0 radical (unpaired) electrons. The standard InChI is InChI=1S/C15H12O7/c1-18-15(17)12-5-3-10(22-12)7-19-14(16)9-2-4-11-13(6-9)21-8-20-11/h2-6H,7-8H2,1H3. The van der Waals surface area contributed by atoms with Gasteiger partial charge in [-0.3, -0.25) is 0 Å². The topological polar surface area (TPSA) is 84.2 Å². The van der Waals surface area contributed by atoms with Gasteiger partial charge in [-0.2, -0.15) is 0 Å². The summed E-state index contributed by atoms with van der Waals surface area (Å²) < 4.78 is 25.2. The first-order valence-corrected chi connectivity index (χ1v) is 6.41. The maximum absolute atomic E-state index is 12.0. The summed E-state index contributed by atoms with van der Waals surface area (Å²) in [6, 6.07) is 7.76. The first kappa shape index (κ1) is 14.0. The lowest BCUT2D eigenvalue weighted by atomic mass is 10.2. The van der Waals surface area contributed by atoms with E-state index in [1.165, 1.54) is 13.2 Å². The molecule has 0 saturated carbocycles. The van der Waals surface area contributed by atoms with Crippen LogP contribution in [0.3, 0.4) is 0 Å². The third kappa shape index (κ3) is 2.73. The molecule has 0 bridgehead atoms. The molecule has 22 heavy (non-hydrogen) atoms. The number of furan rings is 1. The maximum atomic E-state index is 12.0. The minimum absolute atomic E-state index is 0.0524. The van der Waals surface area contributed by atoms with Gasteiger partial charge in [0.2, 0.25) is 12.6 Å². The predicted molar refractivity (Wildman–Crippen MR) is 71.7 cm³/mol. The Hall–Kier alpha value is -2.96. The molecular weight excluding hydrogens is 292 g/mol. The first-order chi connectivity index (χ1) is 10.7. The van der Waals surface area contributed by atoms with E-state index in [0.717, 1.165) is 0 Å². The summed E-state index contributed by atoms with van der Waals surface area (Å²) in [7, 11) is 1.25. The summed E-state index contributed by atoms with van der Waals surface area (Å²) in [6.45, 7) is 0.0425. The Kier molecular flexibility index (Phi) is 3.69. The molecule has 0 amide bonds. The normalized spacial score (nSPS) is 12.0. The number of methoxy groups -OCH3 is 1. The molecular formula is C15H12O7. The number of carbonyl (C=O) groups excluding carboxylic acids is 2. The lowest BCUT2D eigenvalue weighted by Gasteiger charge is -2.04. The summed E-state index contributed by atoms with van der Waals surface area (Å²) in [4.78, 5) is 23.2. The molecule has 0 aliphatic carbocycles. The van der Waals surface area contributed by atoms with Gasteiger partial charge in [0.25, 0.3) is 0 Å². The van der Waals surface area contributed by atoms with Crippen molar-refractivity contribution in [3.05, 3.63) is 47.4 Å². The van der Waals surface area contributed by atoms with Crippen molar-refractivity contribution in [3.63, 3.8) is 0 Å². The summed E-state index contributed by atoms with van der Waals surface area (Å²) >= 11 is 0. The molecule has 1 aromatic heterocycles. The van der Waals surface area contributed by atoms with Crippen molar-refractivity contribution in [2.75, 3.05) is 13.9 Å². The van der Waals surface area contributed by atoms with E-state index in [2.05, 4.69) is 4.74 Å². The van der Waals surface area contributed by atoms with Crippen molar-refractivity contribution in [1.29, 1.82) is 0 Å². The van der Waals surface area contributed by atoms with E-state index in [-0.39, 0.29) is 19.2 Å². The number of carbonyl (C=O) groups is 2. The van der Waals surface area contributed by atoms with Crippen LogP contribution in [-0.2, 0) is 16.1 Å². The molecule has 0 N–H and O–H groups in total. The highest BCUT2D eigenvalue weighted by molar-refractivity contribution is 5.90. The molecule has 7 nitrogen and oxygen atoms in total. The fourth-order valence-corrected chi connectivity index (χ4v) is 1.91. The molecule has 3 rings (SSSR count). The van der Waals surface area contributed by atoms with E-state index >= 15 is 0 Å². The van der Waals surface area contributed by atoms with E-state index in [0.29, 0.717) is 22.8 Å². The molecule has 1 aliphatic rings. The van der Waals surface area contributed by atoms with Crippen molar-refractivity contribution >= 4 is 11.9 Å². The summed E-state index contributed by atoms with van der Waals surface area (Å²) in [6.07, 6.45) is 0. The van der Waals surface area contributed by atoms with E-state index in [1.807, 2.05) is 0 Å². The highest BCUT2D eigenvalue weighted by Crippen LogP contribution is 2.32. The van der Waals surface area contributed by atoms with Gasteiger partial charge in [-0.05, 0) is 30.3 Å². The average molecular weight is 304 g/mol. The second kappa shape index (κ2) is 5.80. The number of fused-ring (bicyclic) bond motifs is 1. The zero-order valence-corrected chi connectivity index (χ0v) is 11.7. The first-order valence-electron chi connectivity index (χ1n) is 6.41. The van der Waals surface area contributed by atoms with Crippen LogP contribution in [0.2, 0.25) is 0 Å². The van der Waals surface area contributed by atoms with Crippen LogP contribution in [-0.4, -0.2) is 25.8 Å². The number of benzene rings is 1. The Balaban J connectivity index is 1.62. The zero-order valence-electron chi connectivity index (χ0n) is 11.7. The Morgan fingerprint density at radius 3 is 2.73 bits per heavy atom. The third-order valence-electron chi connectivity index (χ3n) is 3.00. The lowest BCUT2D eigenvalue weighted by Crippen LogP contribution is -2.05. The molecule has 7 heteroatoms. The van der Waals surface area contributed by atoms with Crippen LogP contribution in [0.1, 0.15) is 26.7 Å². The minimum atomic E-state index is -0.589. The van der Waals surface area contributed by atoms with Gasteiger partial charge < -0.3 is 23.4 Å². The van der Waals surface area contributed by atoms with E-state index in [1.54, 1.807) is 24.3 Å². The predicted octanol–water partition coefficient (Wildman–Crippen LogP) is 2.15. The number of esters is 2. The van der Waals surface area contributed by atoms with Crippen molar-refractivity contribution in [3.8, 4) is 11.5 Å². The Morgan fingerprint density at radius 2 is 1.91 bits per heavy atom. The average Bonchev–Trinajstić information content (AvgIpc) is 3.19. The Morgan fingerprint density at radius 1 is 1.09 bits per heavy atom. The van der Waals surface area contributed by atoms with E-state index in [9.17, 15) is 9.59 Å². The SMILES string of the molecule is COC(=O)c1ccc(COC(=O)c2ccc3c(c2)OCO3)o1. The summed E-state index contributed by atoms with van der Waals surface area (Å²) in [5.74, 6) is 0.361. The highest BCUT2D eigenvalue weighted by Gasteiger charge is 2.18. The van der Waals surface area contributed by atoms with E-state index < -0.39 is 11.9 Å². The third-order valence-corrected chi connectivity index (χ3v) is 3.00. The zero-order chi connectivity index (χ0) is 15.5. The van der Waals surface area contributed by atoms with Crippen molar-refractivity contribution in [1.82, 2.24) is 0 Å². The second-order valence-electron chi connectivity index (χ2n) is 4.40. The van der Waals surface area contributed by atoms with Crippen LogP contribution in [0.25, 0.3) is 0 Å². The quantitative estimate of drug-likeness (QED) is 0.800. The van der Waals surface area contributed by atoms with Crippen LogP contribution in [0.4, 0.5) is 0 Å². The molecule has 2 aromatic rings. The number of hydrogen-bond donors (Lipinski definition) is 0. The van der Waals surface area contributed by atoms with Gasteiger partial charge in [0.1, 0.15) is 12.4 Å². The van der Waals surface area contributed by atoms with Crippen LogP contribution in [0.5, 0.6) is 11.5 Å². The largest absolute Gasteiger partial charge is 0.463 e. The summed E-state index contributed by atoms with van der Waals surface area (Å²) in [5.41, 5.74) is 0.337. The molecule has 1 aliphatic heterocycles. The van der Waals surface area contributed by atoms with Crippen molar-refractivity contribution < 1.29 is 33.0 Å². The maximum Gasteiger partial charge on any atom is 0.373 e. The van der Waals surface area contributed by atoms with E-state index in [4.69, 9.17) is 18.6 Å². The van der Waals surface area contributed by atoms with Gasteiger partial charge in [0.05, 0.1) is 12.7 Å². The van der Waals surface area contributed by atoms with Crippen LogP contribution in [0.15, 0.2) is 34.7 Å². The molecule has 0 saturated heterocycles. The van der Waals surface area contributed by atoms with Gasteiger partial charge in [-0.1, -0.05) is 0 Å². The molecule has 0 atom stereocenters. The monoisotopic (exact) mass is 304 g/mol. The van der Waals surface area contributed by atoms with Crippen LogP contribution >= 0.6 is 0 Å². The minimum Gasteiger partial charge on any atom is -0.463 e. The number of hydrogen-bond acceptors (Lipinski definition) is 7. The molecule has 114 valence electrons. The van der Waals surface area contributed by atoms with Gasteiger partial charge in [-0.15, -0.1) is 0 Å². The smallest absolute Gasteiger partial charge is 0.373 e. The fraction of sp³-hybridized carbons (Fsp3) is 0.200. The number of rotatable bonds is 4. The summed E-state index contributed by atoms with van der Waals surface area (Å²) in [5, 5.41) is 0. The van der Waals surface area contributed by atoms with Gasteiger partial charge in [0, 0.05) is 0 Å². The fourth-order valence-electron chi connectivity index (χ4n) is 1.91. The van der Waals surface area contributed by atoms with Crippen LogP contribution in [0, 0.1) is 0 Å². The van der Waals surface area contributed by atoms with Gasteiger partial charge in [0.15, 0.2) is 11.5 Å². The molecule has 0 unspecified atom stereocenters. The Labute approximate surface area is 125 Å². The molecule has 0 spiro atoms. The Bertz CT molecular complexity index is 716. The molecule has 0 fully saturated rings. The molecule has 2 heterocycles. The van der Waals surface area contributed by atoms with Gasteiger partial charge >= 0.3 is 11.9 Å². The highest BCUT2D eigenvalue weighted by atomic mass is 16.7. The van der Waals surface area contributed by atoms with Crippen molar-refractivity contribution in [2.45, 2.75) is 6.61 Å². The van der Waals surface area contributed by atoms with Gasteiger partial charge in [-0.25, -0.2) is 9.59 Å². The number of ether oxygens (including phenoxy) is 4. The van der Waals surface area contributed by atoms with Crippen molar-refractivity contribution in [2.24, 2.45) is 0 Å². The lowest BCUT2D eigenvalue weighted by molar-refractivity contribution is 0.0438.